The van der Waals surface area contributed by atoms with Crippen LogP contribution in [0.15, 0.2) is 48.7 Å². The molecule has 2 atom stereocenters. The smallest absolute Gasteiger partial charge is 0.146 e. The minimum absolute atomic E-state index is 0.115. The molecule has 31 heavy (non-hydrogen) atoms. The molecule has 0 saturated heterocycles. The monoisotopic (exact) mass is 432 g/mol. The normalized spacial score (nSPS) is 20.4. The molecule has 0 aliphatic carbocycles. The van der Waals surface area contributed by atoms with Crippen molar-refractivity contribution < 1.29 is 9.84 Å². The molecule has 0 fully saturated rings. The maximum absolute atomic E-state index is 10.9. The summed E-state index contributed by atoms with van der Waals surface area (Å²) in [4.78, 5) is 8.31. The number of hydrogen-bond donors (Lipinski definition) is 2. The van der Waals surface area contributed by atoms with Gasteiger partial charge in [0.25, 0.3) is 0 Å². The molecule has 5 rings (SSSR count). The molecule has 7 heteroatoms. The highest BCUT2D eigenvalue weighted by Crippen LogP contribution is 2.41. The van der Waals surface area contributed by atoms with Crippen LogP contribution in [0.4, 0.5) is 0 Å². The standard InChI is InChI=1S/C24H21ClN4O2/c1-24(30)10-17(15-5-3-4-6-18(15)25)23-28-21(12-29(23)13-24)20-9-16-19(27-20)8-7-14(11-26)22(16)31-2/h3-9,12,17,27,30H,10,13H2,1-2H3. The zero-order valence-electron chi connectivity index (χ0n) is 17.2. The second kappa shape index (κ2) is 7.16. The molecule has 2 N–H and O–H groups in total. The van der Waals surface area contributed by atoms with E-state index in [-0.39, 0.29) is 5.92 Å². The summed E-state index contributed by atoms with van der Waals surface area (Å²) >= 11 is 6.49. The number of nitriles is 1. The lowest BCUT2D eigenvalue weighted by Gasteiger charge is -2.35. The van der Waals surface area contributed by atoms with Crippen LogP contribution >= 0.6 is 11.6 Å². The number of H-pyrrole nitrogens is 1. The molecular weight excluding hydrogens is 412 g/mol. The van der Waals surface area contributed by atoms with Crippen molar-refractivity contribution in [3.63, 3.8) is 0 Å². The van der Waals surface area contributed by atoms with Gasteiger partial charge in [0.2, 0.25) is 0 Å². The summed E-state index contributed by atoms with van der Waals surface area (Å²) in [5, 5.41) is 21.8. The molecule has 0 saturated carbocycles. The first kappa shape index (κ1) is 19.7. The first-order valence-corrected chi connectivity index (χ1v) is 10.4. The number of hydrogen-bond acceptors (Lipinski definition) is 4. The van der Waals surface area contributed by atoms with Crippen LogP contribution in [0.2, 0.25) is 5.02 Å². The number of ether oxygens (including phenoxy) is 1. The number of nitrogens with one attached hydrogen (secondary N) is 1. The van der Waals surface area contributed by atoms with Crippen LogP contribution in [0, 0.1) is 11.3 Å². The molecule has 2 unspecified atom stereocenters. The van der Waals surface area contributed by atoms with E-state index >= 15 is 0 Å². The Bertz CT molecular complexity index is 1350. The maximum Gasteiger partial charge on any atom is 0.146 e. The largest absolute Gasteiger partial charge is 0.495 e. The van der Waals surface area contributed by atoms with Crippen molar-refractivity contribution in [1.82, 2.24) is 14.5 Å². The van der Waals surface area contributed by atoms with Crippen LogP contribution < -0.4 is 4.74 Å². The van der Waals surface area contributed by atoms with E-state index in [1.807, 2.05) is 54.1 Å². The highest BCUT2D eigenvalue weighted by atomic mass is 35.5. The summed E-state index contributed by atoms with van der Waals surface area (Å²) in [5.74, 6) is 1.30. The van der Waals surface area contributed by atoms with Crippen LogP contribution in [0.25, 0.3) is 22.3 Å². The van der Waals surface area contributed by atoms with Gasteiger partial charge >= 0.3 is 0 Å². The predicted octanol–water partition coefficient (Wildman–Crippen LogP) is 4.85. The van der Waals surface area contributed by atoms with Crippen molar-refractivity contribution in [1.29, 1.82) is 5.26 Å². The van der Waals surface area contributed by atoms with Crippen LogP contribution in [-0.4, -0.2) is 32.4 Å². The zero-order valence-corrected chi connectivity index (χ0v) is 17.9. The third-order valence-electron chi connectivity index (χ3n) is 5.91. The number of aliphatic hydroxyl groups is 1. The molecule has 0 bridgehead atoms. The zero-order chi connectivity index (χ0) is 21.8. The average molecular weight is 433 g/mol. The summed E-state index contributed by atoms with van der Waals surface area (Å²) in [5.41, 5.74) is 3.02. The second-order valence-electron chi connectivity index (χ2n) is 8.29. The van der Waals surface area contributed by atoms with E-state index < -0.39 is 5.60 Å². The molecule has 0 radical (unpaired) electrons. The molecule has 0 amide bonds. The Labute approximate surface area is 184 Å². The van der Waals surface area contributed by atoms with Gasteiger partial charge in [-0.3, -0.25) is 0 Å². The van der Waals surface area contributed by atoms with Crippen molar-refractivity contribution >= 4 is 22.5 Å². The van der Waals surface area contributed by atoms with Gasteiger partial charge < -0.3 is 19.4 Å². The van der Waals surface area contributed by atoms with Crippen LogP contribution in [0.3, 0.4) is 0 Å². The Kier molecular flexibility index (Phi) is 4.54. The highest BCUT2D eigenvalue weighted by molar-refractivity contribution is 6.31. The first-order chi connectivity index (χ1) is 14.9. The fraction of sp³-hybridized carbons (Fsp3) is 0.250. The minimum atomic E-state index is -0.875. The Balaban J connectivity index is 1.64. The lowest BCUT2D eigenvalue weighted by Crippen LogP contribution is -2.38. The van der Waals surface area contributed by atoms with Crippen molar-refractivity contribution in [3.8, 4) is 23.2 Å². The summed E-state index contributed by atoms with van der Waals surface area (Å²) in [6, 6.07) is 15.4. The number of nitrogens with zero attached hydrogens (tertiary/aromatic N) is 3. The number of imidazole rings is 1. The Morgan fingerprint density at radius 1 is 1.32 bits per heavy atom. The van der Waals surface area contributed by atoms with Crippen molar-refractivity contribution in [2.45, 2.75) is 31.4 Å². The fourth-order valence-corrected chi connectivity index (χ4v) is 4.82. The van der Waals surface area contributed by atoms with Crippen molar-refractivity contribution in [2.75, 3.05) is 7.11 Å². The fourth-order valence-electron chi connectivity index (χ4n) is 4.56. The number of fused-ring (bicyclic) bond motifs is 2. The quantitative estimate of drug-likeness (QED) is 0.484. The second-order valence-corrected chi connectivity index (χ2v) is 8.70. The first-order valence-electron chi connectivity index (χ1n) is 10.0. The molecule has 4 aromatic rings. The van der Waals surface area contributed by atoms with Gasteiger partial charge in [0.15, 0.2) is 0 Å². The lowest BCUT2D eigenvalue weighted by atomic mass is 9.83. The van der Waals surface area contributed by atoms with Gasteiger partial charge in [-0.1, -0.05) is 29.8 Å². The van der Waals surface area contributed by atoms with E-state index in [0.29, 0.717) is 29.3 Å². The molecule has 2 aromatic heterocycles. The summed E-state index contributed by atoms with van der Waals surface area (Å²) in [7, 11) is 1.56. The van der Waals surface area contributed by atoms with Gasteiger partial charge in [0.1, 0.15) is 23.3 Å². The molecule has 1 aliphatic rings. The molecule has 2 aromatic carbocycles. The van der Waals surface area contributed by atoms with Crippen molar-refractivity contribution in [2.24, 2.45) is 0 Å². The summed E-state index contributed by atoms with van der Waals surface area (Å²) in [6.07, 6.45) is 2.49. The Hall–Kier alpha value is -3.27. The summed E-state index contributed by atoms with van der Waals surface area (Å²) in [6.45, 7) is 2.30. The van der Waals surface area contributed by atoms with Crippen LogP contribution in [0.1, 0.15) is 36.2 Å². The molecule has 3 heterocycles. The minimum Gasteiger partial charge on any atom is -0.495 e. The highest BCUT2D eigenvalue weighted by Gasteiger charge is 2.37. The van der Waals surface area contributed by atoms with Crippen molar-refractivity contribution in [3.05, 3.63) is 70.6 Å². The predicted molar refractivity (Wildman–Crippen MR) is 119 cm³/mol. The molecule has 6 nitrogen and oxygen atoms in total. The Morgan fingerprint density at radius 3 is 2.87 bits per heavy atom. The third kappa shape index (κ3) is 3.27. The molecular formula is C24H21ClN4O2. The summed E-state index contributed by atoms with van der Waals surface area (Å²) < 4.78 is 7.49. The van der Waals surface area contributed by atoms with Crippen LogP contribution in [-0.2, 0) is 6.54 Å². The maximum atomic E-state index is 10.9. The molecule has 1 aliphatic heterocycles. The van der Waals surface area contributed by atoms with Gasteiger partial charge in [0, 0.05) is 28.0 Å². The van der Waals surface area contributed by atoms with E-state index in [1.54, 1.807) is 13.2 Å². The van der Waals surface area contributed by atoms with Gasteiger partial charge in [-0.25, -0.2) is 4.98 Å². The number of halogens is 1. The number of aromatic nitrogens is 3. The molecule has 156 valence electrons. The lowest BCUT2D eigenvalue weighted by molar-refractivity contribution is 0.0158. The van der Waals surface area contributed by atoms with E-state index in [9.17, 15) is 10.4 Å². The van der Waals surface area contributed by atoms with Gasteiger partial charge in [-0.2, -0.15) is 5.26 Å². The number of aromatic amines is 1. The third-order valence-corrected chi connectivity index (χ3v) is 6.25. The van der Waals surface area contributed by atoms with E-state index in [0.717, 1.165) is 33.7 Å². The van der Waals surface area contributed by atoms with Gasteiger partial charge in [-0.15, -0.1) is 0 Å². The van der Waals surface area contributed by atoms with Gasteiger partial charge in [0.05, 0.1) is 30.5 Å². The number of benzene rings is 2. The Morgan fingerprint density at radius 2 is 2.13 bits per heavy atom. The van der Waals surface area contributed by atoms with Crippen LogP contribution in [0.5, 0.6) is 5.75 Å². The van der Waals surface area contributed by atoms with E-state index in [2.05, 4.69) is 11.1 Å². The average Bonchev–Trinajstić information content (AvgIpc) is 3.36. The topological polar surface area (TPSA) is 86.9 Å². The van der Waals surface area contributed by atoms with E-state index in [4.69, 9.17) is 21.3 Å². The molecule has 0 spiro atoms. The van der Waals surface area contributed by atoms with E-state index in [1.165, 1.54) is 0 Å². The number of rotatable bonds is 3. The van der Waals surface area contributed by atoms with Gasteiger partial charge in [-0.05, 0) is 43.2 Å². The SMILES string of the molecule is COc1c(C#N)ccc2[nH]c(-c3cn4c(n3)C(c3ccccc3Cl)CC(C)(O)C4)cc12. The number of methoxy groups -OCH3 is 1.